The molecular weight excluding hydrogens is 84.1 g/mol. The predicted molar refractivity (Wildman–Crippen MR) is 23.3 cm³/mol. The lowest BCUT2D eigenvalue weighted by Crippen LogP contribution is -1.66. The number of carbonyl (C=O) groups is 1. The first-order chi connectivity index (χ1) is 2.41. The van der Waals surface area contributed by atoms with Crippen molar-refractivity contribution < 1.29 is 4.79 Å². The van der Waals surface area contributed by atoms with Crippen molar-refractivity contribution in [3.63, 3.8) is 0 Å². The van der Waals surface area contributed by atoms with Crippen LogP contribution >= 0.6 is 12.2 Å². The SMILES string of the molecule is O=CC[C]=S. The van der Waals surface area contributed by atoms with Crippen LogP contribution in [0.15, 0.2) is 0 Å². The van der Waals surface area contributed by atoms with Gasteiger partial charge in [0.1, 0.15) is 6.29 Å². The molecule has 0 saturated carbocycles. The van der Waals surface area contributed by atoms with Crippen LogP contribution in [0.25, 0.3) is 0 Å². The molecule has 0 amide bonds. The second-order valence-corrected chi connectivity index (χ2v) is 0.804. The molecule has 0 rings (SSSR count). The van der Waals surface area contributed by atoms with E-state index in [-0.39, 0.29) is 6.42 Å². The maximum Gasteiger partial charge on any atom is 0.125 e. The first-order valence-electron chi connectivity index (χ1n) is 1.20. The summed E-state index contributed by atoms with van der Waals surface area (Å²) >= 11 is 4.17. The molecule has 0 aliphatic rings. The first-order valence-corrected chi connectivity index (χ1v) is 1.61. The van der Waals surface area contributed by atoms with E-state index in [2.05, 4.69) is 17.6 Å². The summed E-state index contributed by atoms with van der Waals surface area (Å²) in [6.45, 7) is 0. The van der Waals surface area contributed by atoms with Crippen LogP contribution in [0, 0.1) is 0 Å². The van der Waals surface area contributed by atoms with Gasteiger partial charge in [-0.25, -0.2) is 0 Å². The highest BCUT2D eigenvalue weighted by Crippen LogP contribution is 1.56. The molecule has 0 aromatic rings. The third-order valence-corrected chi connectivity index (χ3v) is 0.333. The maximum atomic E-state index is 9.28. The number of thiocarbonyl (C=S) groups is 1. The lowest BCUT2D eigenvalue weighted by molar-refractivity contribution is -0.106. The predicted octanol–water partition coefficient (Wildman–Crippen LogP) is 0.452. The summed E-state index contributed by atoms with van der Waals surface area (Å²) < 4.78 is 0. The van der Waals surface area contributed by atoms with Gasteiger partial charge in [0.2, 0.25) is 0 Å². The van der Waals surface area contributed by atoms with Crippen LogP contribution in [0.3, 0.4) is 0 Å². The summed E-state index contributed by atoms with van der Waals surface area (Å²) in [5, 5.41) is 2.23. The smallest absolute Gasteiger partial charge is 0.125 e. The van der Waals surface area contributed by atoms with Crippen LogP contribution < -0.4 is 0 Å². The van der Waals surface area contributed by atoms with Gasteiger partial charge in [-0.15, -0.1) is 0 Å². The summed E-state index contributed by atoms with van der Waals surface area (Å²) in [5.74, 6) is 0. The van der Waals surface area contributed by atoms with E-state index in [1.165, 1.54) is 0 Å². The molecule has 0 spiro atoms. The van der Waals surface area contributed by atoms with Gasteiger partial charge in [-0.2, -0.15) is 0 Å². The summed E-state index contributed by atoms with van der Waals surface area (Å²) in [7, 11) is 0. The number of hydrogen-bond donors (Lipinski definition) is 0. The Morgan fingerprint density at radius 1 is 2.00 bits per heavy atom. The minimum atomic E-state index is 0.273. The molecule has 0 unspecified atom stereocenters. The van der Waals surface area contributed by atoms with Crippen LogP contribution in [-0.4, -0.2) is 11.7 Å². The van der Waals surface area contributed by atoms with Gasteiger partial charge in [-0.3, -0.25) is 0 Å². The van der Waals surface area contributed by atoms with E-state index in [0.717, 1.165) is 0 Å². The van der Waals surface area contributed by atoms with Gasteiger partial charge in [0.15, 0.2) is 0 Å². The lowest BCUT2D eigenvalue weighted by atomic mass is 10.6. The summed E-state index contributed by atoms with van der Waals surface area (Å²) in [4.78, 5) is 9.28. The second kappa shape index (κ2) is 3.76. The Morgan fingerprint density at radius 2 is 2.60 bits per heavy atom. The molecule has 0 aromatic heterocycles. The number of carbonyl (C=O) groups excluding carboxylic acids is 1. The van der Waals surface area contributed by atoms with E-state index in [1.54, 1.807) is 0 Å². The minimum absolute atomic E-state index is 0.273. The Labute approximate surface area is 36.0 Å². The fourth-order valence-electron chi connectivity index (χ4n) is 0.0340. The molecule has 27 valence electrons. The number of rotatable bonds is 2. The summed E-state index contributed by atoms with van der Waals surface area (Å²) in [6, 6.07) is 0. The highest BCUT2D eigenvalue weighted by molar-refractivity contribution is 7.79. The second-order valence-electron chi connectivity index (χ2n) is 0.515. The third-order valence-electron chi connectivity index (χ3n) is 0.167. The minimum Gasteiger partial charge on any atom is -0.303 e. The number of hydrogen-bond acceptors (Lipinski definition) is 2. The van der Waals surface area contributed by atoms with Crippen molar-refractivity contribution in [2.24, 2.45) is 0 Å². The molecule has 1 radical (unpaired) electrons. The standard InChI is InChI=1S/C3H3OS/c4-2-1-3-5/h2H,1H2. The highest BCUT2D eigenvalue weighted by Gasteiger charge is 1.62. The molecule has 0 N–H and O–H groups in total. The fraction of sp³-hybridized carbons (Fsp3) is 0.333. The van der Waals surface area contributed by atoms with Gasteiger partial charge in [0.25, 0.3) is 0 Å². The zero-order valence-corrected chi connectivity index (χ0v) is 3.42. The van der Waals surface area contributed by atoms with Gasteiger partial charge in [-0.05, 0) is 0 Å². The van der Waals surface area contributed by atoms with Crippen LogP contribution in [0.1, 0.15) is 6.42 Å². The zero-order chi connectivity index (χ0) is 4.12. The average molecular weight is 87.1 g/mol. The molecule has 0 aliphatic carbocycles. The van der Waals surface area contributed by atoms with Crippen molar-refractivity contribution in [1.29, 1.82) is 0 Å². The molecule has 0 bridgehead atoms. The van der Waals surface area contributed by atoms with E-state index in [4.69, 9.17) is 0 Å². The summed E-state index contributed by atoms with van der Waals surface area (Å²) in [5.41, 5.74) is 0. The van der Waals surface area contributed by atoms with Crippen LogP contribution in [-0.2, 0) is 4.79 Å². The first kappa shape index (κ1) is 4.76. The van der Waals surface area contributed by atoms with Crippen molar-refractivity contribution in [2.75, 3.05) is 0 Å². The molecule has 0 atom stereocenters. The summed E-state index contributed by atoms with van der Waals surface area (Å²) in [6.07, 6.45) is 0.988. The van der Waals surface area contributed by atoms with Crippen molar-refractivity contribution in [3.8, 4) is 0 Å². The fourth-order valence-corrected chi connectivity index (χ4v) is 0.102. The van der Waals surface area contributed by atoms with Crippen molar-refractivity contribution in [1.82, 2.24) is 0 Å². The van der Waals surface area contributed by atoms with E-state index < -0.39 is 0 Å². The van der Waals surface area contributed by atoms with E-state index >= 15 is 0 Å². The van der Waals surface area contributed by atoms with Crippen LogP contribution in [0.4, 0.5) is 0 Å². The van der Waals surface area contributed by atoms with Gasteiger partial charge in [-0.1, -0.05) is 12.2 Å². The van der Waals surface area contributed by atoms with Crippen LogP contribution in [0.2, 0.25) is 0 Å². The zero-order valence-electron chi connectivity index (χ0n) is 2.60. The maximum absolute atomic E-state index is 9.28. The molecule has 2 heteroatoms. The number of aldehydes is 1. The van der Waals surface area contributed by atoms with Crippen molar-refractivity contribution >= 4 is 23.9 Å². The van der Waals surface area contributed by atoms with Gasteiger partial charge < -0.3 is 4.79 Å². The van der Waals surface area contributed by atoms with Gasteiger partial charge in [0, 0.05) is 11.8 Å². The highest BCUT2D eigenvalue weighted by atomic mass is 32.1. The van der Waals surface area contributed by atoms with E-state index in [1.807, 2.05) is 0 Å². The van der Waals surface area contributed by atoms with Crippen LogP contribution in [0.5, 0.6) is 0 Å². The normalized spacial score (nSPS) is 6.40. The Bertz CT molecular complexity index is 36.2. The molecule has 5 heavy (non-hydrogen) atoms. The quantitative estimate of drug-likeness (QED) is 0.359. The van der Waals surface area contributed by atoms with Gasteiger partial charge >= 0.3 is 0 Å². The molecule has 0 fully saturated rings. The Morgan fingerprint density at radius 3 is 2.60 bits per heavy atom. The largest absolute Gasteiger partial charge is 0.303 e. The molecular formula is C3H3OS. The monoisotopic (exact) mass is 87.0 g/mol. The molecule has 0 aliphatic heterocycles. The van der Waals surface area contributed by atoms with Crippen molar-refractivity contribution in [3.05, 3.63) is 0 Å². The molecule has 0 heterocycles. The van der Waals surface area contributed by atoms with E-state index in [9.17, 15) is 4.79 Å². The Hall–Kier alpha value is -0.240. The third kappa shape index (κ3) is 3.76. The van der Waals surface area contributed by atoms with Gasteiger partial charge in [0.05, 0.1) is 0 Å². The lowest BCUT2D eigenvalue weighted by Gasteiger charge is -1.55. The molecule has 1 nitrogen and oxygen atoms in total. The average Bonchev–Trinajstić information content (AvgIpc) is 1.41. The van der Waals surface area contributed by atoms with E-state index in [0.29, 0.717) is 6.29 Å². The Kier molecular flexibility index (Phi) is 3.58. The van der Waals surface area contributed by atoms with Crippen molar-refractivity contribution in [2.45, 2.75) is 6.42 Å². The molecule has 0 saturated heterocycles. The molecule has 0 aromatic carbocycles. The topological polar surface area (TPSA) is 17.1 Å². The Balaban J connectivity index is 2.65.